The number of hydrogen-bond donors (Lipinski definition) is 0. The Labute approximate surface area is 106 Å². The third-order valence-corrected chi connectivity index (χ3v) is 2.38. The van der Waals surface area contributed by atoms with E-state index in [9.17, 15) is 4.79 Å². The van der Waals surface area contributed by atoms with Crippen molar-refractivity contribution in [2.45, 2.75) is 20.5 Å². The third kappa shape index (κ3) is 3.13. The summed E-state index contributed by atoms with van der Waals surface area (Å²) in [6, 6.07) is 11.3. The number of aromatic nitrogens is 2. The second kappa shape index (κ2) is 5.40. The molecule has 4 nitrogen and oxygen atoms in total. The summed E-state index contributed by atoms with van der Waals surface area (Å²) in [5, 5.41) is 0. The van der Waals surface area contributed by atoms with E-state index in [0.717, 1.165) is 17.0 Å². The average molecular weight is 242 g/mol. The van der Waals surface area contributed by atoms with Crippen LogP contribution >= 0.6 is 0 Å². The fourth-order valence-corrected chi connectivity index (χ4v) is 1.60. The van der Waals surface area contributed by atoms with Gasteiger partial charge in [-0.05, 0) is 25.5 Å². The third-order valence-electron chi connectivity index (χ3n) is 2.38. The van der Waals surface area contributed by atoms with Crippen LogP contribution in [0.25, 0.3) is 0 Å². The topological polar surface area (TPSA) is 52.1 Å². The molecule has 18 heavy (non-hydrogen) atoms. The summed E-state index contributed by atoms with van der Waals surface area (Å²) in [7, 11) is 0. The number of esters is 1. The van der Waals surface area contributed by atoms with Crippen molar-refractivity contribution in [2.24, 2.45) is 0 Å². The molecule has 1 aromatic carbocycles. The summed E-state index contributed by atoms with van der Waals surface area (Å²) in [6.07, 6.45) is 0. The molecule has 1 heterocycles. The van der Waals surface area contributed by atoms with E-state index in [1.54, 1.807) is 0 Å². The van der Waals surface area contributed by atoms with Crippen LogP contribution < -0.4 is 0 Å². The van der Waals surface area contributed by atoms with Gasteiger partial charge in [-0.15, -0.1) is 0 Å². The van der Waals surface area contributed by atoms with Crippen molar-refractivity contribution in [3.05, 3.63) is 59.2 Å². The lowest BCUT2D eigenvalue weighted by molar-refractivity contribution is 0.0457. The van der Waals surface area contributed by atoms with Gasteiger partial charge in [0.1, 0.15) is 6.61 Å². The molecule has 92 valence electrons. The van der Waals surface area contributed by atoms with Crippen molar-refractivity contribution in [3.63, 3.8) is 0 Å². The fraction of sp³-hybridized carbons (Fsp3) is 0.214. The quantitative estimate of drug-likeness (QED) is 0.776. The number of benzene rings is 1. The van der Waals surface area contributed by atoms with Crippen molar-refractivity contribution in [1.82, 2.24) is 9.97 Å². The van der Waals surface area contributed by atoms with Crippen LogP contribution in [0.2, 0.25) is 0 Å². The predicted molar refractivity (Wildman–Crippen MR) is 67.1 cm³/mol. The van der Waals surface area contributed by atoms with E-state index in [4.69, 9.17) is 4.74 Å². The van der Waals surface area contributed by atoms with E-state index in [1.165, 1.54) is 0 Å². The highest BCUT2D eigenvalue weighted by atomic mass is 16.5. The van der Waals surface area contributed by atoms with Crippen LogP contribution in [0.1, 0.15) is 27.6 Å². The van der Waals surface area contributed by atoms with Crippen molar-refractivity contribution in [3.8, 4) is 0 Å². The van der Waals surface area contributed by atoms with Crippen molar-refractivity contribution in [2.75, 3.05) is 0 Å². The second-order valence-electron chi connectivity index (χ2n) is 4.04. The van der Waals surface area contributed by atoms with Gasteiger partial charge >= 0.3 is 5.97 Å². The molecule has 4 heteroatoms. The Morgan fingerprint density at radius 2 is 1.72 bits per heavy atom. The average Bonchev–Trinajstić information content (AvgIpc) is 2.36. The Bertz CT molecular complexity index is 533. The fourth-order valence-electron chi connectivity index (χ4n) is 1.60. The highest BCUT2D eigenvalue weighted by Crippen LogP contribution is 2.05. The zero-order chi connectivity index (χ0) is 13.0. The molecule has 2 aromatic rings. The maximum absolute atomic E-state index is 11.8. The minimum absolute atomic E-state index is 0.114. The highest BCUT2D eigenvalue weighted by Gasteiger charge is 2.11. The van der Waals surface area contributed by atoms with Crippen LogP contribution in [0, 0.1) is 13.8 Å². The molecule has 0 aliphatic rings. The van der Waals surface area contributed by atoms with Crippen LogP contribution in [0.15, 0.2) is 36.4 Å². The summed E-state index contributed by atoms with van der Waals surface area (Å²) < 4.78 is 5.16. The molecule has 0 fully saturated rings. The lowest BCUT2D eigenvalue weighted by Gasteiger charge is -2.05. The molecular weight excluding hydrogens is 228 g/mol. The SMILES string of the molecule is Cc1cc(C)nc(C(=O)OCc2ccccc2)n1. The van der Waals surface area contributed by atoms with E-state index in [0.29, 0.717) is 0 Å². The number of carbonyl (C=O) groups excluding carboxylic acids is 1. The molecule has 0 spiro atoms. The van der Waals surface area contributed by atoms with Gasteiger partial charge in [-0.1, -0.05) is 30.3 Å². The molecule has 0 aliphatic carbocycles. The number of hydrogen-bond acceptors (Lipinski definition) is 4. The molecule has 0 amide bonds. The van der Waals surface area contributed by atoms with Gasteiger partial charge in [0.25, 0.3) is 0 Å². The van der Waals surface area contributed by atoms with E-state index in [1.807, 2.05) is 50.2 Å². The number of carbonyl (C=O) groups is 1. The Balaban J connectivity index is 2.04. The van der Waals surface area contributed by atoms with E-state index < -0.39 is 5.97 Å². The Morgan fingerprint density at radius 3 is 2.33 bits per heavy atom. The maximum Gasteiger partial charge on any atom is 0.376 e. The van der Waals surface area contributed by atoms with Gasteiger partial charge in [0.05, 0.1) is 0 Å². The first kappa shape index (κ1) is 12.2. The second-order valence-corrected chi connectivity index (χ2v) is 4.04. The van der Waals surface area contributed by atoms with Crippen LogP contribution in [0.4, 0.5) is 0 Å². The van der Waals surface area contributed by atoms with Gasteiger partial charge in [0, 0.05) is 11.4 Å². The number of nitrogens with zero attached hydrogens (tertiary/aromatic N) is 2. The minimum atomic E-state index is -0.495. The van der Waals surface area contributed by atoms with Crippen LogP contribution in [0.5, 0.6) is 0 Å². The first-order valence-corrected chi connectivity index (χ1v) is 5.68. The lowest BCUT2D eigenvalue weighted by atomic mass is 10.2. The first-order chi connectivity index (χ1) is 8.65. The minimum Gasteiger partial charge on any atom is -0.455 e. The number of aryl methyl sites for hydroxylation is 2. The molecule has 0 N–H and O–H groups in total. The van der Waals surface area contributed by atoms with Crippen molar-refractivity contribution < 1.29 is 9.53 Å². The zero-order valence-electron chi connectivity index (χ0n) is 10.4. The Kier molecular flexibility index (Phi) is 3.67. The molecule has 1 aromatic heterocycles. The standard InChI is InChI=1S/C14H14N2O2/c1-10-8-11(2)16-13(15-10)14(17)18-9-12-6-4-3-5-7-12/h3-8H,9H2,1-2H3. The van der Waals surface area contributed by atoms with Gasteiger partial charge in [0.2, 0.25) is 5.82 Å². The van der Waals surface area contributed by atoms with Crippen LogP contribution in [-0.2, 0) is 11.3 Å². The predicted octanol–water partition coefficient (Wildman–Crippen LogP) is 2.45. The number of rotatable bonds is 3. The van der Waals surface area contributed by atoms with Crippen molar-refractivity contribution in [1.29, 1.82) is 0 Å². The number of ether oxygens (including phenoxy) is 1. The van der Waals surface area contributed by atoms with Crippen LogP contribution in [-0.4, -0.2) is 15.9 Å². The summed E-state index contributed by atoms with van der Waals surface area (Å²) in [5.41, 5.74) is 2.46. The summed E-state index contributed by atoms with van der Waals surface area (Å²) in [6.45, 7) is 3.88. The molecule has 0 radical (unpaired) electrons. The molecule has 0 saturated carbocycles. The molecular formula is C14H14N2O2. The Hall–Kier alpha value is -2.23. The van der Waals surface area contributed by atoms with Gasteiger partial charge in [-0.25, -0.2) is 14.8 Å². The lowest BCUT2D eigenvalue weighted by Crippen LogP contribution is -2.11. The van der Waals surface area contributed by atoms with Crippen molar-refractivity contribution >= 4 is 5.97 Å². The Morgan fingerprint density at radius 1 is 1.11 bits per heavy atom. The normalized spacial score (nSPS) is 10.1. The van der Waals surface area contributed by atoms with Gasteiger partial charge in [0.15, 0.2) is 0 Å². The van der Waals surface area contributed by atoms with Gasteiger partial charge in [-0.2, -0.15) is 0 Å². The monoisotopic (exact) mass is 242 g/mol. The van der Waals surface area contributed by atoms with Gasteiger partial charge < -0.3 is 4.74 Å². The van der Waals surface area contributed by atoms with E-state index >= 15 is 0 Å². The molecule has 0 aliphatic heterocycles. The molecule has 0 atom stereocenters. The van der Waals surface area contributed by atoms with E-state index in [-0.39, 0.29) is 12.4 Å². The van der Waals surface area contributed by atoms with Gasteiger partial charge in [-0.3, -0.25) is 0 Å². The maximum atomic E-state index is 11.8. The smallest absolute Gasteiger partial charge is 0.376 e. The molecule has 0 saturated heterocycles. The first-order valence-electron chi connectivity index (χ1n) is 5.68. The molecule has 2 rings (SSSR count). The summed E-state index contributed by atoms with van der Waals surface area (Å²) in [5.74, 6) is -0.380. The molecule has 0 unspecified atom stereocenters. The molecule has 0 bridgehead atoms. The highest BCUT2D eigenvalue weighted by molar-refractivity contribution is 5.85. The van der Waals surface area contributed by atoms with Crippen LogP contribution in [0.3, 0.4) is 0 Å². The largest absolute Gasteiger partial charge is 0.455 e. The van der Waals surface area contributed by atoms with E-state index in [2.05, 4.69) is 9.97 Å². The summed E-state index contributed by atoms with van der Waals surface area (Å²) >= 11 is 0. The zero-order valence-corrected chi connectivity index (χ0v) is 10.4. The summed E-state index contributed by atoms with van der Waals surface area (Å²) in [4.78, 5) is 19.9.